The van der Waals surface area contributed by atoms with Gasteiger partial charge in [0.2, 0.25) is 0 Å². The molecule has 0 unspecified atom stereocenters. The molecular formula is C16H20N2O. The Morgan fingerprint density at radius 3 is 2.58 bits per heavy atom. The van der Waals surface area contributed by atoms with Gasteiger partial charge in [0.25, 0.3) is 0 Å². The summed E-state index contributed by atoms with van der Waals surface area (Å²) in [5.41, 5.74) is 1.22. The molecule has 0 radical (unpaired) electrons. The first-order valence-electron chi connectivity index (χ1n) is 6.57. The lowest BCUT2D eigenvalue weighted by atomic mass is 10.2. The topological polar surface area (TPSA) is 28.7 Å². The number of furan rings is 1. The van der Waals surface area contributed by atoms with Crippen LogP contribution in [0, 0.1) is 0 Å². The van der Waals surface area contributed by atoms with Gasteiger partial charge in [-0.2, -0.15) is 0 Å². The van der Waals surface area contributed by atoms with Crippen LogP contribution in [0.5, 0.6) is 0 Å². The van der Waals surface area contributed by atoms with Gasteiger partial charge in [0.15, 0.2) is 0 Å². The lowest BCUT2D eigenvalue weighted by molar-refractivity contribution is 0.318. The van der Waals surface area contributed by atoms with Crippen LogP contribution >= 0.6 is 0 Å². The molecule has 100 valence electrons. The summed E-state index contributed by atoms with van der Waals surface area (Å²) in [7, 11) is 0. The van der Waals surface area contributed by atoms with E-state index in [0.29, 0.717) is 12.6 Å². The van der Waals surface area contributed by atoms with Crippen molar-refractivity contribution in [2.24, 2.45) is 4.99 Å². The van der Waals surface area contributed by atoms with Crippen molar-refractivity contribution in [2.75, 3.05) is 0 Å². The number of benzene rings is 1. The molecule has 2 aromatic rings. The highest BCUT2D eigenvalue weighted by Crippen LogP contribution is 2.07. The van der Waals surface area contributed by atoms with E-state index in [1.807, 2.05) is 36.7 Å². The van der Waals surface area contributed by atoms with Crippen molar-refractivity contribution in [3.63, 3.8) is 0 Å². The second-order valence-electron chi connectivity index (χ2n) is 4.79. The molecule has 0 aliphatic heterocycles. The molecule has 2 rings (SSSR count). The Kier molecular flexibility index (Phi) is 4.78. The SMILES string of the molecule is CC(C)N(C=NCc1ccccc1)Cc1ccco1. The third-order valence-corrected chi connectivity index (χ3v) is 2.93. The van der Waals surface area contributed by atoms with Crippen molar-refractivity contribution in [1.82, 2.24) is 4.90 Å². The lowest BCUT2D eigenvalue weighted by Gasteiger charge is -2.22. The van der Waals surface area contributed by atoms with Gasteiger partial charge in [-0.25, -0.2) is 0 Å². The highest BCUT2D eigenvalue weighted by molar-refractivity contribution is 5.55. The molecule has 0 amide bonds. The molecule has 0 N–H and O–H groups in total. The van der Waals surface area contributed by atoms with E-state index >= 15 is 0 Å². The summed E-state index contributed by atoms with van der Waals surface area (Å²) in [6.45, 7) is 5.76. The van der Waals surface area contributed by atoms with Crippen LogP contribution in [0.25, 0.3) is 0 Å². The van der Waals surface area contributed by atoms with Crippen molar-refractivity contribution in [2.45, 2.75) is 33.0 Å². The Balaban J connectivity index is 1.93. The Labute approximate surface area is 114 Å². The maximum absolute atomic E-state index is 5.38. The number of hydrogen-bond acceptors (Lipinski definition) is 2. The van der Waals surface area contributed by atoms with E-state index in [-0.39, 0.29) is 0 Å². The van der Waals surface area contributed by atoms with Crippen LogP contribution in [0.2, 0.25) is 0 Å². The second-order valence-corrected chi connectivity index (χ2v) is 4.79. The molecule has 3 nitrogen and oxygen atoms in total. The maximum atomic E-state index is 5.38. The van der Waals surface area contributed by atoms with E-state index in [1.54, 1.807) is 6.26 Å². The van der Waals surface area contributed by atoms with Crippen molar-refractivity contribution in [3.05, 3.63) is 60.1 Å². The van der Waals surface area contributed by atoms with E-state index in [0.717, 1.165) is 12.3 Å². The Morgan fingerprint density at radius 1 is 1.16 bits per heavy atom. The zero-order valence-electron chi connectivity index (χ0n) is 11.5. The average molecular weight is 256 g/mol. The van der Waals surface area contributed by atoms with Crippen molar-refractivity contribution in [1.29, 1.82) is 0 Å². The normalized spacial score (nSPS) is 11.3. The van der Waals surface area contributed by atoms with Gasteiger partial charge in [0, 0.05) is 6.04 Å². The summed E-state index contributed by atoms with van der Waals surface area (Å²) < 4.78 is 5.38. The number of nitrogens with zero attached hydrogens (tertiary/aromatic N) is 2. The third kappa shape index (κ3) is 4.28. The fourth-order valence-corrected chi connectivity index (χ4v) is 1.77. The smallest absolute Gasteiger partial charge is 0.123 e. The van der Waals surface area contributed by atoms with Gasteiger partial charge in [-0.05, 0) is 31.5 Å². The maximum Gasteiger partial charge on any atom is 0.123 e. The molecule has 0 aliphatic carbocycles. The van der Waals surface area contributed by atoms with Gasteiger partial charge >= 0.3 is 0 Å². The molecular weight excluding hydrogens is 236 g/mol. The zero-order chi connectivity index (χ0) is 13.5. The summed E-state index contributed by atoms with van der Waals surface area (Å²) in [4.78, 5) is 6.67. The highest BCUT2D eigenvalue weighted by atomic mass is 16.3. The zero-order valence-corrected chi connectivity index (χ0v) is 11.5. The van der Waals surface area contributed by atoms with E-state index in [4.69, 9.17) is 4.42 Å². The van der Waals surface area contributed by atoms with Gasteiger partial charge in [0.05, 0.1) is 25.7 Å². The van der Waals surface area contributed by atoms with Crippen LogP contribution < -0.4 is 0 Å². The molecule has 0 saturated heterocycles. The molecule has 1 aromatic carbocycles. The molecule has 0 bridgehead atoms. The molecule has 3 heteroatoms. The van der Waals surface area contributed by atoms with Gasteiger partial charge in [-0.15, -0.1) is 0 Å². The standard InChI is InChI=1S/C16H20N2O/c1-14(2)18(12-16-9-6-10-19-16)13-17-11-15-7-4-3-5-8-15/h3-10,13-14H,11-12H2,1-2H3. The first-order valence-corrected chi connectivity index (χ1v) is 6.57. The molecule has 0 aliphatic rings. The average Bonchev–Trinajstić information content (AvgIpc) is 2.91. The highest BCUT2D eigenvalue weighted by Gasteiger charge is 2.07. The number of rotatable bonds is 6. The quantitative estimate of drug-likeness (QED) is 0.582. The molecule has 0 fully saturated rings. The fourth-order valence-electron chi connectivity index (χ4n) is 1.77. The molecule has 1 heterocycles. The predicted octanol–water partition coefficient (Wildman–Crippen LogP) is 3.72. The van der Waals surface area contributed by atoms with Crippen LogP contribution in [-0.4, -0.2) is 17.3 Å². The van der Waals surface area contributed by atoms with Gasteiger partial charge in [-0.1, -0.05) is 30.3 Å². The summed E-state index contributed by atoms with van der Waals surface area (Å²) >= 11 is 0. The summed E-state index contributed by atoms with van der Waals surface area (Å²) in [5, 5.41) is 0. The minimum atomic E-state index is 0.393. The predicted molar refractivity (Wildman–Crippen MR) is 78.0 cm³/mol. The Hall–Kier alpha value is -2.03. The summed E-state index contributed by atoms with van der Waals surface area (Å²) in [6.07, 6.45) is 3.62. The molecule has 0 saturated carbocycles. The Morgan fingerprint density at radius 2 is 1.95 bits per heavy atom. The molecule has 0 atom stereocenters. The minimum absolute atomic E-state index is 0.393. The monoisotopic (exact) mass is 256 g/mol. The van der Waals surface area contributed by atoms with Crippen LogP contribution in [0.4, 0.5) is 0 Å². The van der Waals surface area contributed by atoms with Crippen LogP contribution in [0.1, 0.15) is 25.2 Å². The van der Waals surface area contributed by atoms with Crippen molar-refractivity contribution >= 4 is 6.34 Å². The van der Waals surface area contributed by atoms with E-state index in [9.17, 15) is 0 Å². The van der Waals surface area contributed by atoms with Crippen LogP contribution in [0.3, 0.4) is 0 Å². The van der Waals surface area contributed by atoms with Gasteiger partial charge in [0.1, 0.15) is 5.76 Å². The van der Waals surface area contributed by atoms with E-state index in [2.05, 4.69) is 35.9 Å². The van der Waals surface area contributed by atoms with Gasteiger partial charge in [-0.3, -0.25) is 4.99 Å². The first-order chi connectivity index (χ1) is 9.25. The van der Waals surface area contributed by atoms with Crippen molar-refractivity contribution in [3.8, 4) is 0 Å². The molecule has 1 aromatic heterocycles. The second kappa shape index (κ2) is 6.78. The number of hydrogen-bond donors (Lipinski definition) is 0. The molecule has 0 spiro atoms. The lowest BCUT2D eigenvalue weighted by Crippen LogP contribution is -2.28. The van der Waals surface area contributed by atoms with E-state index in [1.165, 1.54) is 5.56 Å². The van der Waals surface area contributed by atoms with Crippen LogP contribution in [0.15, 0.2) is 58.1 Å². The summed E-state index contributed by atoms with van der Waals surface area (Å²) in [5.74, 6) is 0.958. The minimum Gasteiger partial charge on any atom is -0.467 e. The van der Waals surface area contributed by atoms with Gasteiger partial charge < -0.3 is 9.32 Å². The van der Waals surface area contributed by atoms with E-state index < -0.39 is 0 Å². The molecule has 19 heavy (non-hydrogen) atoms. The number of aliphatic imine (C=N–C) groups is 1. The Bertz CT molecular complexity index is 489. The summed E-state index contributed by atoms with van der Waals surface area (Å²) in [6, 6.07) is 14.6. The fraction of sp³-hybridized carbons (Fsp3) is 0.312. The third-order valence-electron chi connectivity index (χ3n) is 2.93. The van der Waals surface area contributed by atoms with Crippen molar-refractivity contribution < 1.29 is 4.42 Å². The first kappa shape index (κ1) is 13.4. The van der Waals surface area contributed by atoms with Crippen LogP contribution in [-0.2, 0) is 13.1 Å². The largest absolute Gasteiger partial charge is 0.467 e.